The van der Waals surface area contributed by atoms with Gasteiger partial charge >= 0.3 is 5.97 Å². The van der Waals surface area contributed by atoms with Gasteiger partial charge in [0, 0.05) is 5.56 Å². The summed E-state index contributed by atoms with van der Waals surface area (Å²) < 4.78 is 0. The van der Waals surface area contributed by atoms with Gasteiger partial charge in [-0.3, -0.25) is 4.79 Å². The number of phenols is 3. The van der Waals surface area contributed by atoms with Gasteiger partial charge < -0.3 is 20.4 Å². The number of carboxylic acid groups (broad SMARTS) is 1. The van der Waals surface area contributed by atoms with Gasteiger partial charge in [-0.05, 0) is 69.4 Å². The first-order valence-corrected chi connectivity index (χ1v) is 8.84. The summed E-state index contributed by atoms with van der Waals surface area (Å²) in [4.78, 5) is 11.2. The maximum atomic E-state index is 11.2. The fourth-order valence-corrected chi connectivity index (χ4v) is 2.86. The molecule has 0 aromatic heterocycles. The van der Waals surface area contributed by atoms with Gasteiger partial charge in [-0.25, -0.2) is 0 Å². The molecule has 142 valence electrons. The van der Waals surface area contributed by atoms with Gasteiger partial charge in [0.05, 0.1) is 5.41 Å². The van der Waals surface area contributed by atoms with Crippen molar-refractivity contribution in [1.82, 2.24) is 0 Å². The van der Waals surface area contributed by atoms with Gasteiger partial charge in [-0.1, -0.05) is 20.8 Å². The third kappa shape index (κ3) is 6.15. The number of aromatic hydroxyl groups is 3. The van der Waals surface area contributed by atoms with Crippen LogP contribution >= 0.6 is 0 Å². The van der Waals surface area contributed by atoms with Crippen LogP contribution < -0.4 is 0 Å². The molecule has 1 aromatic rings. The minimum absolute atomic E-state index is 0.201. The van der Waals surface area contributed by atoms with Crippen LogP contribution in [0.4, 0.5) is 0 Å². The van der Waals surface area contributed by atoms with Crippen molar-refractivity contribution in [3.8, 4) is 17.2 Å². The Balaban J connectivity index is 2.92. The molecule has 0 aliphatic rings. The Morgan fingerprint density at radius 2 is 1.48 bits per heavy atom. The number of aryl methyl sites for hydroxylation is 1. The third-order valence-corrected chi connectivity index (χ3v) is 4.63. The zero-order valence-corrected chi connectivity index (χ0v) is 16.0. The molecule has 0 spiro atoms. The summed E-state index contributed by atoms with van der Waals surface area (Å²) in [6, 6.07) is 1.51. The van der Waals surface area contributed by atoms with Crippen molar-refractivity contribution in [2.24, 2.45) is 10.8 Å². The van der Waals surface area contributed by atoms with Crippen molar-refractivity contribution in [2.75, 3.05) is 0 Å². The van der Waals surface area contributed by atoms with Crippen LogP contribution in [-0.4, -0.2) is 26.4 Å². The maximum Gasteiger partial charge on any atom is 0.309 e. The van der Waals surface area contributed by atoms with Gasteiger partial charge in [0.15, 0.2) is 11.5 Å². The zero-order chi connectivity index (χ0) is 19.4. The lowest BCUT2D eigenvalue weighted by atomic mass is 9.85. The number of benzene rings is 1. The molecular weight excluding hydrogens is 320 g/mol. The monoisotopic (exact) mass is 352 g/mol. The van der Waals surface area contributed by atoms with E-state index < -0.39 is 17.1 Å². The fourth-order valence-electron chi connectivity index (χ4n) is 2.86. The van der Waals surface area contributed by atoms with E-state index in [1.165, 1.54) is 6.07 Å². The Bertz CT molecular complexity index is 611. The standard InChI is InChI=1S/C20H32O5/c1-19(2,3)10-6-8-13-12-15(21)17(23)16(22)14(13)9-7-11-20(4,5)18(24)25/h12,21-23H,6-11H2,1-5H3,(H,24,25). The minimum Gasteiger partial charge on any atom is -0.504 e. The van der Waals surface area contributed by atoms with E-state index in [4.69, 9.17) is 0 Å². The normalized spacial score (nSPS) is 12.4. The van der Waals surface area contributed by atoms with E-state index in [9.17, 15) is 25.2 Å². The molecule has 0 atom stereocenters. The number of rotatable bonds is 8. The lowest BCUT2D eigenvalue weighted by molar-refractivity contribution is -0.147. The fraction of sp³-hybridized carbons (Fsp3) is 0.650. The van der Waals surface area contributed by atoms with Crippen LogP contribution in [0.15, 0.2) is 6.07 Å². The van der Waals surface area contributed by atoms with Crippen LogP contribution in [0.25, 0.3) is 0 Å². The van der Waals surface area contributed by atoms with Gasteiger partial charge in [-0.2, -0.15) is 0 Å². The largest absolute Gasteiger partial charge is 0.504 e. The van der Waals surface area contributed by atoms with Gasteiger partial charge in [-0.15, -0.1) is 0 Å². The number of carbonyl (C=O) groups is 1. The Kier molecular flexibility index (Phi) is 6.75. The maximum absolute atomic E-state index is 11.2. The third-order valence-electron chi connectivity index (χ3n) is 4.63. The number of hydrogen-bond acceptors (Lipinski definition) is 4. The Morgan fingerprint density at radius 1 is 0.920 bits per heavy atom. The lowest BCUT2D eigenvalue weighted by Crippen LogP contribution is -2.23. The summed E-state index contributed by atoms with van der Waals surface area (Å²) in [5.74, 6) is -1.97. The highest BCUT2D eigenvalue weighted by molar-refractivity contribution is 5.73. The predicted molar refractivity (Wildman–Crippen MR) is 98.2 cm³/mol. The number of aliphatic carboxylic acids is 1. The molecule has 5 nitrogen and oxygen atoms in total. The summed E-state index contributed by atoms with van der Waals surface area (Å²) in [6.07, 6.45) is 4.09. The molecule has 0 aliphatic carbocycles. The molecule has 1 rings (SSSR count). The van der Waals surface area contributed by atoms with Crippen LogP contribution in [0, 0.1) is 10.8 Å². The lowest BCUT2D eigenvalue weighted by Gasteiger charge is -2.21. The van der Waals surface area contributed by atoms with E-state index in [2.05, 4.69) is 20.8 Å². The summed E-state index contributed by atoms with van der Waals surface area (Å²) >= 11 is 0. The highest BCUT2D eigenvalue weighted by Crippen LogP contribution is 2.41. The molecule has 0 aliphatic heterocycles. The molecule has 0 heterocycles. The molecule has 0 radical (unpaired) electrons. The van der Waals surface area contributed by atoms with E-state index in [1.807, 2.05) is 0 Å². The molecule has 0 amide bonds. The summed E-state index contributed by atoms with van der Waals surface area (Å²) in [5.41, 5.74) is 0.781. The zero-order valence-electron chi connectivity index (χ0n) is 16.0. The van der Waals surface area contributed by atoms with Gasteiger partial charge in [0.25, 0.3) is 0 Å². The minimum atomic E-state index is -0.851. The van der Waals surface area contributed by atoms with E-state index in [0.29, 0.717) is 31.2 Å². The van der Waals surface area contributed by atoms with Gasteiger partial charge in [0.1, 0.15) is 0 Å². The number of hydrogen-bond donors (Lipinski definition) is 4. The van der Waals surface area contributed by atoms with E-state index >= 15 is 0 Å². The first kappa shape index (κ1) is 21.1. The van der Waals surface area contributed by atoms with Crippen molar-refractivity contribution in [3.63, 3.8) is 0 Å². The Hall–Kier alpha value is -1.91. The predicted octanol–water partition coefficient (Wildman–Crippen LogP) is 4.61. The van der Waals surface area contributed by atoms with E-state index in [0.717, 1.165) is 18.4 Å². The summed E-state index contributed by atoms with van der Waals surface area (Å²) in [6.45, 7) is 9.83. The Morgan fingerprint density at radius 3 is 2.00 bits per heavy atom. The molecule has 5 heteroatoms. The smallest absolute Gasteiger partial charge is 0.309 e. The SMILES string of the molecule is CC(C)(C)CCCc1cc(O)c(O)c(O)c1CCCC(C)(C)C(=O)O. The molecule has 1 aromatic carbocycles. The molecule has 0 unspecified atom stereocenters. The highest BCUT2D eigenvalue weighted by atomic mass is 16.4. The van der Waals surface area contributed by atoms with Crippen LogP contribution in [0.2, 0.25) is 0 Å². The van der Waals surface area contributed by atoms with E-state index in [-0.39, 0.29) is 16.9 Å². The second-order valence-corrected chi connectivity index (χ2v) is 8.69. The van der Waals surface area contributed by atoms with Crippen LogP contribution in [0.3, 0.4) is 0 Å². The molecule has 0 bridgehead atoms. The quantitative estimate of drug-likeness (QED) is 0.512. The van der Waals surface area contributed by atoms with Crippen LogP contribution in [0.5, 0.6) is 17.2 Å². The van der Waals surface area contributed by atoms with E-state index in [1.54, 1.807) is 13.8 Å². The van der Waals surface area contributed by atoms with Crippen LogP contribution in [-0.2, 0) is 17.6 Å². The average molecular weight is 352 g/mol. The number of phenolic OH excluding ortho intramolecular Hbond substituents is 3. The van der Waals surface area contributed by atoms with Crippen molar-refractivity contribution in [2.45, 2.75) is 73.1 Å². The summed E-state index contributed by atoms with van der Waals surface area (Å²) in [5, 5.41) is 39.1. The topological polar surface area (TPSA) is 98.0 Å². The molecule has 4 N–H and O–H groups in total. The second kappa shape index (κ2) is 7.98. The highest BCUT2D eigenvalue weighted by Gasteiger charge is 2.27. The average Bonchev–Trinajstić information content (AvgIpc) is 2.46. The van der Waals surface area contributed by atoms with Crippen molar-refractivity contribution >= 4 is 5.97 Å². The first-order valence-electron chi connectivity index (χ1n) is 8.84. The molecule has 25 heavy (non-hydrogen) atoms. The van der Waals surface area contributed by atoms with Crippen molar-refractivity contribution in [1.29, 1.82) is 0 Å². The summed E-state index contributed by atoms with van der Waals surface area (Å²) in [7, 11) is 0. The van der Waals surface area contributed by atoms with Crippen molar-refractivity contribution < 1.29 is 25.2 Å². The molecule has 0 saturated carbocycles. The molecule has 0 fully saturated rings. The van der Waals surface area contributed by atoms with Gasteiger partial charge in [0.2, 0.25) is 5.75 Å². The number of carboxylic acids is 1. The molecule has 0 saturated heterocycles. The van der Waals surface area contributed by atoms with Crippen LogP contribution in [0.1, 0.15) is 71.4 Å². The van der Waals surface area contributed by atoms with Crippen molar-refractivity contribution in [3.05, 3.63) is 17.2 Å². The second-order valence-electron chi connectivity index (χ2n) is 8.69. The first-order chi connectivity index (χ1) is 11.3. The Labute approximate surface area is 150 Å². The molecular formula is C20H32O5.